The molecule has 1 aliphatic heterocycles. The number of likely N-dealkylation sites (N-methyl/N-ethyl adjacent to an activating group) is 1. The third-order valence-corrected chi connectivity index (χ3v) is 2.56. The number of nitrogens with zero attached hydrogens (tertiary/aromatic N) is 1. The second-order valence-corrected chi connectivity index (χ2v) is 4.35. The van der Waals surface area contributed by atoms with E-state index in [0.717, 1.165) is 19.6 Å². The number of urea groups is 1. The number of carbonyl (C=O) groups is 1. The van der Waals surface area contributed by atoms with Crippen molar-refractivity contribution in [1.82, 2.24) is 20.9 Å². The maximum absolute atomic E-state index is 11.3. The molecule has 0 aromatic heterocycles. The third kappa shape index (κ3) is 4.48. The molecule has 0 radical (unpaired) electrons. The van der Waals surface area contributed by atoms with Gasteiger partial charge in [-0.25, -0.2) is 4.79 Å². The zero-order valence-corrected chi connectivity index (χ0v) is 9.84. The molecule has 0 saturated carbocycles. The lowest BCUT2D eigenvalue weighted by atomic mass is 10.2. The Kier molecular flexibility index (Phi) is 4.84. The summed E-state index contributed by atoms with van der Waals surface area (Å²) in [5, 5.41) is 9.01. The van der Waals surface area contributed by atoms with Crippen LogP contribution in [0.5, 0.6) is 0 Å². The van der Waals surface area contributed by atoms with E-state index in [9.17, 15) is 4.79 Å². The van der Waals surface area contributed by atoms with Crippen molar-refractivity contribution in [1.29, 1.82) is 0 Å². The van der Waals surface area contributed by atoms with Gasteiger partial charge in [0.25, 0.3) is 0 Å². The Labute approximate surface area is 91.6 Å². The predicted molar refractivity (Wildman–Crippen MR) is 61.0 cm³/mol. The molecule has 1 fully saturated rings. The average molecular weight is 214 g/mol. The number of amides is 2. The summed E-state index contributed by atoms with van der Waals surface area (Å²) in [7, 11) is 2.09. The van der Waals surface area contributed by atoms with Crippen molar-refractivity contribution in [3.63, 3.8) is 0 Å². The van der Waals surface area contributed by atoms with Crippen LogP contribution in [0.25, 0.3) is 0 Å². The number of carbonyl (C=O) groups excluding carboxylic acids is 1. The molecule has 1 atom stereocenters. The van der Waals surface area contributed by atoms with Gasteiger partial charge in [0, 0.05) is 38.3 Å². The van der Waals surface area contributed by atoms with Gasteiger partial charge in [-0.1, -0.05) is 0 Å². The van der Waals surface area contributed by atoms with Crippen molar-refractivity contribution >= 4 is 6.03 Å². The van der Waals surface area contributed by atoms with E-state index < -0.39 is 0 Å². The maximum atomic E-state index is 11.3. The summed E-state index contributed by atoms with van der Waals surface area (Å²) in [6.07, 6.45) is 0. The molecular weight excluding hydrogens is 192 g/mol. The summed E-state index contributed by atoms with van der Waals surface area (Å²) in [5.41, 5.74) is 0. The smallest absolute Gasteiger partial charge is 0.315 e. The van der Waals surface area contributed by atoms with Crippen LogP contribution in [0.4, 0.5) is 4.79 Å². The van der Waals surface area contributed by atoms with Gasteiger partial charge in [0.05, 0.1) is 0 Å². The minimum atomic E-state index is -0.0797. The molecule has 1 rings (SSSR count). The van der Waals surface area contributed by atoms with Gasteiger partial charge >= 0.3 is 6.03 Å². The Morgan fingerprint density at radius 1 is 1.60 bits per heavy atom. The molecular formula is C10H22N4O. The first-order valence-corrected chi connectivity index (χ1v) is 5.55. The topological polar surface area (TPSA) is 56.4 Å². The summed E-state index contributed by atoms with van der Waals surface area (Å²) in [4.78, 5) is 13.6. The number of piperazine rings is 1. The highest BCUT2D eigenvalue weighted by Gasteiger charge is 2.18. The van der Waals surface area contributed by atoms with E-state index in [1.165, 1.54) is 0 Å². The van der Waals surface area contributed by atoms with Crippen LogP contribution in [-0.2, 0) is 0 Å². The fraction of sp³-hybridized carbons (Fsp3) is 0.900. The van der Waals surface area contributed by atoms with Gasteiger partial charge in [-0.15, -0.1) is 0 Å². The van der Waals surface area contributed by atoms with Gasteiger partial charge in [0.1, 0.15) is 0 Å². The van der Waals surface area contributed by atoms with Crippen LogP contribution < -0.4 is 16.0 Å². The molecule has 0 spiro atoms. The molecule has 2 amide bonds. The van der Waals surface area contributed by atoms with Crippen LogP contribution in [0, 0.1) is 0 Å². The van der Waals surface area contributed by atoms with E-state index in [2.05, 4.69) is 27.9 Å². The molecule has 1 unspecified atom stereocenters. The molecule has 3 N–H and O–H groups in total. The normalized spacial score (nSPS) is 22.8. The SMILES string of the molecule is CC(C)NC(=O)NCC1CNCCN1C. The fourth-order valence-corrected chi connectivity index (χ4v) is 1.61. The lowest BCUT2D eigenvalue weighted by Gasteiger charge is -2.33. The molecule has 1 heterocycles. The van der Waals surface area contributed by atoms with Crippen molar-refractivity contribution in [3.05, 3.63) is 0 Å². The van der Waals surface area contributed by atoms with Gasteiger partial charge in [0.2, 0.25) is 0 Å². The summed E-state index contributed by atoms with van der Waals surface area (Å²) in [5.74, 6) is 0. The minimum absolute atomic E-state index is 0.0797. The molecule has 15 heavy (non-hydrogen) atoms. The Morgan fingerprint density at radius 3 is 2.93 bits per heavy atom. The lowest BCUT2D eigenvalue weighted by molar-refractivity contribution is 0.192. The molecule has 88 valence electrons. The zero-order valence-electron chi connectivity index (χ0n) is 9.84. The van der Waals surface area contributed by atoms with Crippen molar-refractivity contribution in [2.45, 2.75) is 25.9 Å². The molecule has 5 nitrogen and oxygen atoms in total. The molecule has 1 aliphatic rings. The number of rotatable bonds is 3. The zero-order chi connectivity index (χ0) is 11.3. The van der Waals surface area contributed by atoms with Crippen molar-refractivity contribution in [2.24, 2.45) is 0 Å². The second kappa shape index (κ2) is 5.92. The highest BCUT2D eigenvalue weighted by atomic mass is 16.2. The second-order valence-electron chi connectivity index (χ2n) is 4.35. The Balaban J connectivity index is 2.20. The average Bonchev–Trinajstić information content (AvgIpc) is 2.15. The van der Waals surface area contributed by atoms with Crippen LogP contribution in [0.3, 0.4) is 0 Å². The largest absolute Gasteiger partial charge is 0.337 e. The summed E-state index contributed by atoms with van der Waals surface area (Å²) in [6.45, 7) is 7.62. The molecule has 0 aliphatic carbocycles. The van der Waals surface area contributed by atoms with E-state index >= 15 is 0 Å². The standard InChI is InChI=1S/C10H22N4O/c1-8(2)13-10(15)12-7-9-6-11-4-5-14(9)3/h8-9,11H,4-7H2,1-3H3,(H2,12,13,15). The number of hydrogen-bond donors (Lipinski definition) is 3. The molecule has 0 aromatic rings. The van der Waals surface area contributed by atoms with Gasteiger partial charge < -0.3 is 16.0 Å². The van der Waals surface area contributed by atoms with E-state index in [4.69, 9.17) is 0 Å². The van der Waals surface area contributed by atoms with Crippen LogP contribution in [0.2, 0.25) is 0 Å². The van der Waals surface area contributed by atoms with Crippen LogP contribution >= 0.6 is 0 Å². The lowest BCUT2D eigenvalue weighted by Crippen LogP contribution is -2.55. The van der Waals surface area contributed by atoms with Crippen molar-refractivity contribution < 1.29 is 4.79 Å². The van der Waals surface area contributed by atoms with E-state index in [-0.39, 0.29) is 12.1 Å². The minimum Gasteiger partial charge on any atom is -0.337 e. The van der Waals surface area contributed by atoms with Crippen LogP contribution in [-0.4, -0.2) is 56.2 Å². The highest BCUT2D eigenvalue weighted by molar-refractivity contribution is 5.74. The third-order valence-electron chi connectivity index (χ3n) is 2.56. The monoisotopic (exact) mass is 214 g/mol. The van der Waals surface area contributed by atoms with Crippen LogP contribution in [0.1, 0.15) is 13.8 Å². The molecule has 5 heteroatoms. The Morgan fingerprint density at radius 2 is 2.33 bits per heavy atom. The quantitative estimate of drug-likeness (QED) is 0.599. The first-order chi connectivity index (χ1) is 7.09. The predicted octanol–water partition coefficient (Wildman–Crippen LogP) is -0.402. The molecule has 0 bridgehead atoms. The molecule has 1 saturated heterocycles. The van der Waals surface area contributed by atoms with Gasteiger partial charge in [-0.3, -0.25) is 4.90 Å². The van der Waals surface area contributed by atoms with Gasteiger partial charge in [-0.05, 0) is 20.9 Å². The molecule has 0 aromatic carbocycles. The van der Waals surface area contributed by atoms with E-state index in [1.54, 1.807) is 0 Å². The maximum Gasteiger partial charge on any atom is 0.315 e. The van der Waals surface area contributed by atoms with Gasteiger partial charge in [-0.2, -0.15) is 0 Å². The highest BCUT2D eigenvalue weighted by Crippen LogP contribution is 1.97. The number of hydrogen-bond acceptors (Lipinski definition) is 3. The van der Waals surface area contributed by atoms with E-state index in [1.807, 2.05) is 13.8 Å². The van der Waals surface area contributed by atoms with Crippen LogP contribution in [0.15, 0.2) is 0 Å². The van der Waals surface area contributed by atoms with Crippen molar-refractivity contribution in [2.75, 3.05) is 33.2 Å². The van der Waals surface area contributed by atoms with Crippen molar-refractivity contribution in [3.8, 4) is 0 Å². The first-order valence-electron chi connectivity index (χ1n) is 5.55. The number of nitrogens with one attached hydrogen (secondary N) is 3. The summed E-state index contributed by atoms with van der Waals surface area (Å²) in [6, 6.07) is 0.507. The van der Waals surface area contributed by atoms with E-state index in [0.29, 0.717) is 12.6 Å². The fourth-order valence-electron chi connectivity index (χ4n) is 1.61. The van der Waals surface area contributed by atoms with Gasteiger partial charge in [0.15, 0.2) is 0 Å². The summed E-state index contributed by atoms with van der Waals surface area (Å²) >= 11 is 0. The summed E-state index contributed by atoms with van der Waals surface area (Å²) < 4.78 is 0. The first kappa shape index (κ1) is 12.3. The Hall–Kier alpha value is -0.810. The Bertz CT molecular complexity index is 208.